The summed E-state index contributed by atoms with van der Waals surface area (Å²) in [7, 11) is 0. The number of amides is 1. The largest absolute Gasteiger partial charge is 0.351 e. The Bertz CT molecular complexity index is 1280. The number of pyridine rings is 1. The van der Waals surface area contributed by atoms with E-state index in [1.165, 1.54) is 0 Å². The van der Waals surface area contributed by atoms with Crippen LogP contribution in [0.15, 0.2) is 67.0 Å². The topological polar surface area (TPSA) is 49.6 Å². The number of imidazole rings is 1. The fourth-order valence-corrected chi connectivity index (χ4v) is 4.28. The number of likely N-dealkylation sites (N-methyl/N-ethyl adjacent to an activating group) is 1. The molecular formula is C27H29ClN4O. The van der Waals surface area contributed by atoms with Gasteiger partial charge in [-0.1, -0.05) is 49.7 Å². The summed E-state index contributed by atoms with van der Waals surface area (Å²) in [6, 6.07) is 17.7. The van der Waals surface area contributed by atoms with Gasteiger partial charge in [0.15, 0.2) is 0 Å². The van der Waals surface area contributed by atoms with E-state index in [0.717, 1.165) is 53.2 Å². The smallest absolute Gasteiger partial charge is 0.251 e. The van der Waals surface area contributed by atoms with Crippen molar-refractivity contribution in [1.82, 2.24) is 19.6 Å². The van der Waals surface area contributed by atoms with Crippen molar-refractivity contribution in [2.75, 3.05) is 26.2 Å². The first-order valence-corrected chi connectivity index (χ1v) is 11.7. The van der Waals surface area contributed by atoms with E-state index < -0.39 is 0 Å². The third-order valence-corrected chi connectivity index (χ3v) is 6.25. The van der Waals surface area contributed by atoms with Crippen molar-refractivity contribution in [3.8, 4) is 22.5 Å². The van der Waals surface area contributed by atoms with Crippen LogP contribution in [0.3, 0.4) is 0 Å². The maximum atomic E-state index is 12.6. The molecule has 33 heavy (non-hydrogen) atoms. The van der Waals surface area contributed by atoms with Gasteiger partial charge in [-0.15, -0.1) is 0 Å². The number of nitrogens with zero attached hydrogens (tertiary/aromatic N) is 3. The summed E-state index contributed by atoms with van der Waals surface area (Å²) in [6.07, 6.45) is 3.95. The van der Waals surface area contributed by atoms with Crippen LogP contribution in [0.4, 0.5) is 0 Å². The Hall–Kier alpha value is -3.15. The zero-order valence-corrected chi connectivity index (χ0v) is 20.1. The molecule has 1 amide bonds. The Kier molecular flexibility index (Phi) is 7.11. The lowest BCUT2D eigenvalue weighted by atomic mass is 9.99. The first kappa shape index (κ1) is 23.0. The van der Waals surface area contributed by atoms with Gasteiger partial charge in [-0.3, -0.25) is 9.20 Å². The SMILES string of the molecule is CCN(CC)CCNC(=O)c1ccc(-c2ccc3cnc(-c4cccc(Cl)c4)n3c2)c(C)c1. The molecule has 0 aliphatic heterocycles. The van der Waals surface area contributed by atoms with Crippen molar-refractivity contribution in [3.05, 3.63) is 83.1 Å². The van der Waals surface area contributed by atoms with Gasteiger partial charge in [0, 0.05) is 35.4 Å². The summed E-state index contributed by atoms with van der Waals surface area (Å²) in [5.41, 5.74) is 5.86. The third kappa shape index (κ3) is 5.10. The molecule has 0 fully saturated rings. The lowest BCUT2D eigenvalue weighted by molar-refractivity contribution is 0.0949. The average Bonchev–Trinajstić information content (AvgIpc) is 3.25. The summed E-state index contributed by atoms with van der Waals surface area (Å²) in [5, 5.41) is 3.71. The lowest BCUT2D eigenvalue weighted by Crippen LogP contribution is -2.34. The van der Waals surface area contributed by atoms with E-state index in [1.54, 1.807) is 0 Å². The summed E-state index contributed by atoms with van der Waals surface area (Å²) >= 11 is 6.19. The molecule has 0 saturated heterocycles. The molecule has 0 unspecified atom stereocenters. The van der Waals surface area contributed by atoms with E-state index in [9.17, 15) is 4.79 Å². The highest BCUT2D eigenvalue weighted by Crippen LogP contribution is 2.28. The molecule has 0 aliphatic rings. The number of aryl methyl sites for hydroxylation is 1. The molecule has 0 spiro atoms. The van der Waals surface area contributed by atoms with Crippen LogP contribution in [0, 0.1) is 6.92 Å². The second-order valence-corrected chi connectivity index (χ2v) is 8.55. The molecule has 1 N–H and O–H groups in total. The van der Waals surface area contributed by atoms with Crippen molar-refractivity contribution in [2.24, 2.45) is 0 Å². The lowest BCUT2D eigenvalue weighted by Gasteiger charge is -2.18. The Morgan fingerprint density at radius 3 is 2.61 bits per heavy atom. The quantitative estimate of drug-likeness (QED) is 0.367. The van der Waals surface area contributed by atoms with Crippen LogP contribution in [-0.2, 0) is 0 Å². The Labute approximate surface area is 200 Å². The fraction of sp³-hybridized carbons (Fsp3) is 0.259. The first-order valence-electron chi connectivity index (χ1n) is 11.3. The molecule has 5 nitrogen and oxygen atoms in total. The monoisotopic (exact) mass is 460 g/mol. The number of halogens is 1. The molecule has 4 rings (SSSR count). The van der Waals surface area contributed by atoms with E-state index in [2.05, 4.69) is 51.8 Å². The number of hydrogen-bond acceptors (Lipinski definition) is 3. The van der Waals surface area contributed by atoms with Crippen LogP contribution < -0.4 is 5.32 Å². The van der Waals surface area contributed by atoms with Crippen molar-refractivity contribution in [1.29, 1.82) is 0 Å². The van der Waals surface area contributed by atoms with Gasteiger partial charge in [-0.25, -0.2) is 4.98 Å². The van der Waals surface area contributed by atoms with Gasteiger partial charge in [-0.05, 0) is 67.0 Å². The number of hydrogen-bond donors (Lipinski definition) is 1. The van der Waals surface area contributed by atoms with E-state index in [-0.39, 0.29) is 5.91 Å². The van der Waals surface area contributed by atoms with E-state index >= 15 is 0 Å². The molecule has 170 valence electrons. The normalized spacial score (nSPS) is 11.3. The molecule has 0 aliphatic carbocycles. The maximum absolute atomic E-state index is 12.6. The predicted octanol–water partition coefficient (Wildman–Crippen LogP) is 5.70. The van der Waals surface area contributed by atoms with Crippen molar-refractivity contribution in [2.45, 2.75) is 20.8 Å². The van der Waals surface area contributed by atoms with Crippen LogP contribution in [0.2, 0.25) is 5.02 Å². The van der Waals surface area contributed by atoms with Crippen LogP contribution in [-0.4, -0.2) is 46.4 Å². The minimum atomic E-state index is -0.0369. The molecule has 2 aromatic carbocycles. The van der Waals surface area contributed by atoms with Gasteiger partial charge in [0.2, 0.25) is 0 Å². The number of rotatable bonds is 8. The zero-order chi connectivity index (χ0) is 23.4. The summed E-state index contributed by atoms with van der Waals surface area (Å²) in [4.78, 5) is 19.5. The van der Waals surface area contributed by atoms with Crippen molar-refractivity contribution >= 4 is 23.0 Å². The molecule has 0 atom stereocenters. The summed E-state index contributed by atoms with van der Waals surface area (Å²) < 4.78 is 2.08. The highest BCUT2D eigenvalue weighted by atomic mass is 35.5. The van der Waals surface area contributed by atoms with E-state index in [0.29, 0.717) is 17.1 Å². The molecule has 6 heteroatoms. The minimum absolute atomic E-state index is 0.0369. The summed E-state index contributed by atoms with van der Waals surface area (Å²) in [6.45, 7) is 9.78. The van der Waals surface area contributed by atoms with Gasteiger partial charge in [0.25, 0.3) is 5.91 Å². The zero-order valence-electron chi connectivity index (χ0n) is 19.3. The van der Waals surface area contributed by atoms with Gasteiger partial charge in [0.05, 0.1) is 11.7 Å². The number of carbonyl (C=O) groups is 1. The van der Waals surface area contributed by atoms with Crippen molar-refractivity contribution < 1.29 is 4.79 Å². The Morgan fingerprint density at radius 2 is 1.88 bits per heavy atom. The predicted molar refractivity (Wildman–Crippen MR) is 136 cm³/mol. The minimum Gasteiger partial charge on any atom is -0.351 e. The van der Waals surface area contributed by atoms with Crippen LogP contribution >= 0.6 is 11.6 Å². The second kappa shape index (κ2) is 10.2. The van der Waals surface area contributed by atoms with E-state index in [1.807, 2.05) is 55.6 Å². The highest BCUT2D eigenvalue weighted by Gasteiger charge is 2.12. The highest BCUT2D eigenvalue weighted by molar-refractivity contribution is 6.30. The molecular weight excluding hydrogens is 432 g/mol. The Balaban J connectivity index is 1.57. The Morgan fingerprint density at radius 1 is 1.06 bits per heavy atom. The molecule has 4 aromatic rings. The van der Waals surface area contributed by atoms with Gasteiger partial charge in [0.1, 0.15) is 5.82 Å². The number of fused-ring (bicyclic) bond motifs is 1. The molecule has 0 saturated carbocycles. The standard InChI is InChI=1S/C27H29ClN4O/c1-4-31(5-2)14-13-29-27(33)21-10-12-25(19(3)15-21)22-9-11-24-17-30-26(32(24)18-22)20-7-6-8-23(28)16-20/h6-12,15-18H,4-5,13-14H2,1-3H3,(H,29,33). The van der Waals surface area contributed by atoms with E-state index in [4.69, 9.17) is 11.6 Å². The number of nitrogens with one attached hydrogen (secondary N) is 1. The van der Waals surface area contributed by atoms with Crippen LogP contribution in [0.25, 0.3) is 28.0 Å². The molecule has 2 heterocycles. The van der Waals surface area contributed by atoms with Crippen LogP contribution in [0.1, 0.15) is 29.8 Å². The van der Waals surface area contributed by atoms with Gasteiger partial charge >= 0.3 is 0 Å². The third-order valence-electron chi connectivity index (χ3n) is 6.02. The first-order chi connectivity index (χ1) is 16.0. The molecule has 0 radical (unpaired) electrons. The molecule has 0 bridgehead atoms. The number of benzene rings is 2. The second-order valence-electron chi connectivity index (χ2n) is 8.12. The van der Waals surface area contributed by atoms with Gasteiger partial charge in [-0.2, -0.15) is 0 Å². The van der Waals surface area contributed by atoms with Crippen LogP contribution in [0.5, 0.6) is 0 Å². The summed E-state index contributed by atoms with van der Waals surface area (Å²) in [5.74, 6) is 0.807. The fourth-order valence-electron chi connectivity index (χ4n) is 4.09. The average molecular weight is 461 g/mol. The number of carbonyl (C=O) groups excluding carboxylic acids is 1. The van der Waals surface area contributed by atoms with Crippen molar-refractivity contribution in [3.63, 3.8) is 0 Å². The molecule has 2 aromatic heterocycles. The van der Waals surface area contributed by atoms with Gasteiger partial charge < -0.3 is 10.2 Å². The maximum Gasteiger partial charge on any atom is 0.251 e. The number of aromatic nitrogens is 2.